The molecule has 2 saturated heterocycles. The van der Waals surface area contributed by atoms with Crippen LogP contribution < -0.4 is 10.2 Å². The summed E-state index contributed by atoms with van der Waals surface area (Å²) in [4.78, 5) is 23.1. The maximum atomic E-state index is 11.9. The summed E-state index contributed by atoms with van der Waals surface area (Å²) in [7, 11) is 1.41. The minimum atomic E-state index is -0.311. The molecule has 0 saturated carbocycles. The van der Waals surface area contributed by atoms with Gasteiger partial charge < -0.3 is 19.9 Å². The second-order valence-corrected chi connectivity index (χ2v) is 10.7. The molecule has 37 heavy (non-hydrogen) atoms. The van der Waals surface area contributed by atoms with Gasteiger partial charge in [0.25, 0.3) is 0 Å². The molecular formula is C30H41N5O2. The van der Waals surface area contributed by atoms with Gasteiger partial charge in [0.05, 0.1) is 12.7 Å². The number of piperazine rings is 1. The molecule has 1 aromatic heterocycles. The van der Waals surface area contributed by atoms with Crippen molar-refractivity contribution in [3.05, 3.63) is 54.1 Å². The summed E-state index contributed by atoms with van der Waals surface area (Å²) in [5, 5.41) is 4.83. The van der Waals surface area contributed by atoms with Gasteiger partial charge in [-0.2, -0.15) is 0 Å². The summed E-state index contributed by atoms with van der Waals surface area (Å²) in [6.07, 6.45) is 2.35. The van der Waals surface area contributed by atoms with E-state index in [-0.39, 0.29) is 5.97 Å². The molecular weight excluding hydrogens is 462 g/mol. The first kappa shape index (κ1) is 25.8. The molecule has 2 aliphatic heterocycles. The lowest BCUT2D eigenvalue weighted by Crippen LogP contribution is -2.51. The molecule has 198 valence electrons. The Morgan fingerprint density at radius 1 is 1.03 bits per heavy atom. The van der Waals surface area contributed by atoms with Gasteiger partial charge in [-0.1, -0.05) is 12.1 Å². The molecule has 0 atom stereocenters. The number of benzene rings is 2. The van der Waals surface area contributed by atoms with Crippen LogP contribution in [-0.4, -0.2) is 92.3 Å². The van der Waals surface area contributed by atoms with E-state index in [0.29, 0.717) is 17.6 Å². The van der Waals surface area contributed by atoms with Gasteiger partial charge in [-0.25, -0.2) is 4.79 Å². The molecule has 2 aliphatic rings. The fourth-order valence-corrected chi connectivity index (χ4v) is 5.68. The molecule has 0 unspecified atom stereocenters. The van der Waals surface area contributed by atoms with Crippen molar-refractivity contribution in [3.8, 4) is 11.3 Å². The molecule has 7 nitrogen and oxygen atoms in total. The number of carbonyl (C=O) groups is 1. The Hall–Kier alpha value is -2.87. The van der Waals surface area contributed by atoms with Crippen LogP contribution in [0.5, 0.6) is 0 Å². The Balaban J connectivity index is 1.13. The van der Waals surface area contributed by atoms with Gasteiger partial charge in [-0.3, -0.25) is 9.80 Å². The lowest BCUT2D eigenvalue weighted by atomic mass is 10.0. The maximum absolute atomic E-state index is 11.9. The largest absolute Gasteiger partial charge is 0.465 e. The highest BCUT2D eigenvalue weighted by atomic mass is 16.5. The third-order valence-electron chi connectivity index (χ3n) is 8.06. The normalized spacial score (nSPS) is 18.1. The summed E-state index contributed by atoms with van der Waals surface area (Å²) in [5.41, 5.74) is 5.07. The Labute approximate surface area is 220 Å². The van der Waals surface area contributed by atoms with Crippen molar-refractivity contribution in [1.82, 2.24) is 20.1 Å². The topological polar surface area (TPSA) is 63.8 Å². The monoisotopic (exact) mass is 503 g/mol. The zero-order valence-electron chi connectivity index (χ0n) is 22.5. The molecule has 5 rings (SSSR count). The van der Waals surface area contributed by atoms with Crippen LogP contribution in [0.15, 0.2) is 48.5 Å². The number of nitrogens with one attached hydrogen (secondary N) is 2. The molecule has 0 bridgehead atoms. The lowest BCUT2D eigenvalue weighted by molar-refractivity contribution is 0.0601. The van der Waals surface area contributed by atoms with Crippen LogP contribution >= 0.6 is 0 Å². The van der Waals surface area contributed by atoms with Crippen molar-refractivity contribution in [2.45, 2.75) is 38.8 Å². The molecule has 2 N–H and O–H groups in total. The average molecular weight is 504 g/mol. The minimum absolute atomic E-state index is 0.311. The molecule has 3 heterocycles. The van der Waals surface area contributed by atoms with Crippen molar-refractivity contribution in [3.63, 3.8) is 0 Å². The van der Waals surface area contributed by atoms with Gasteiger partial charge >= 0.3 is 5.97 Å². The number of fused-ring (bicyclic) bond motifs is 1. The van der Waals surface area contributed by atoms with Gasteiger partial charge in [-0.05, 0) is 68.7 Å². The highest BCUT2D eigenvalue weighted by molar-refractivity contribution is 5.96. The number of ether oxygens (including phenoxy) is 1. The number of carbonyl (C=O) groups excluding carboxylic acids is 1. The van der Waals surface area contributed by atoms with E-state index >= 15 is 0 Å². The number of H-pyrrole nitrogens is 1. The summed E-state index contributed by atoms with van der Waals surface area (Å²) in [5.74, 6) is -0.311. The molecule has 2 fully saturated rings. The number of esters is 1. The second kappa shape index (κ2) is 11.7. The number of anilines is 1. The Bertz CT molecular complexity index is 1190. The third-order valence-corrected chi connectivity index (χ3v) is 8.06. The van der Waals surface area contributed by atoms with Gasteiger partial charge in [0, 0.05) is 86.7 Å². The summed E-state index contributed by atoms with van der Waals surface area (Å²) in [6.45, 7) is 13.8. The van der Waals surface area contributed by atoms with E-state index < -0.39 is 0 Å². The number of aromatic nitrogens is 1. The second-order valence-electron chi connectivity index (χ2n) is 10.7. The average Bonchev–Trinajstić information content (AvgIpc) is 3.37. The zero-order chi connectivity index (χ0) is 25.8. The van der Waals surface area contributed by atoms with Crippen LogP contribution in [0.2, 0.25) is 0 Å². The van der Waals surface area contributed by atoms with Crippen molar-refractivity contribution >= 4 is 22.6 Å². The molecule has 0 amide bonds. The Kier molecular flexibility index (Phi) is 8.13. The summed E-state index contributed by atoms with van der Waals surface area (Å²) >= 11 is 0. The van der Waals surface area contributed by atoms with Gasteiger partial charge in [0.1, 0.15) is 0 Å². The van der Waals surface area contributed by atoms with Crippen LogP contribution in [0.25, 0.3) is 22.2 Å². The van der Waals surface area contributed by atoms with Crippen molar-refractivity contribution < 1.29 is 9.53 Å². The minimum Gasteiger partial charge on any atom is -0.465 e. The lowest BCUT2D eigenvalue weighted by Gasteiger charge is -2.37. The fraction of sp³-hybridized carbons (Fsp3) is 0.500. The predicted molar refractivity (Wildman–Crippen MR) is 151 cm³/mol. The number of methoxy groups -OCH3 is 1. The van der Waals surface area contributed by atoms with E-state index in [1.54, 1.807) is 6.07 Å². The first-order valence-corrected chi connectivity index (χ1v) is 13.8. The summed E-state index contributed by atoms with van der Waals surface area (Å²) in [6, 6.07) is 17.8. The van der Waals surface area contributed by atoms with E-state index in [4.69, 9.17) is 4.74 Å². The van der Waals surface area contributed by atoms with Crippen LogP contribution in [0.4, 0.5) is 5.69 Å². The first-order valence-electron chi connectivity index (χ1n) is 13.8. The SMILES string of the molecule is COC(=O)c1ccc2[nH]c(-c3cccc(N4CCC(NCCN5CCN(C(C)C)CC5)CC4)c3)cc2c1. The maximum Gasteiger partial charge on any atom is 0.337 e. The van der Waals surface area contributed by atoms with Gasteiger partial charge in [-0.15, -0.1) is 0 Å². The van der Waals surface area contributed by atoms with E-state index in [0.717, 1.165) is 48.3 Å². The molecule has 3 aromatic rings. The number of hydrogen-bond acceptors (Lipinski definition) is 6. The number of aromatic amines is 1. The number of hydrogen-bond donors (Lipinski definition) is 2. The summed E-state index contributed by atoms with van der Waals surface area (Å²) < 4.78 is 4.86. The van der Waals surface area contributed by atoms with Crippen molar-refractivity contribution in [2.24, 2.45) is 0 Å². The van der Waals surface area contributed by atoms with E-state index in [1.165, 1.54) is 51.8 Å². The third kappa shape index (κ3) is 6.17. The Morgan fingerprint density at radius 2 is 1.81 bits per heavy atom. The van der Waals surface area contributed by atoms with E-state index in [9.17, 15) is 4.79 Å². The standard InChI is InChI=1S/C30H41N5O2/c1-22(2)34-17-15-33(16-18-34)14-11-31-26-9-12-35(13-10-26)27-6-4-5-23(20-27)29-21-25-19-24(30(36)37-3)7-8-28(25)32-29/h4-8,19-22,26,31-32H,9-18H2,1-3H3. The fourth-order valence-electron chi connectivity index (χ4n) is 5.68. The van der Waals surface area contributed by atoms with Gasteiger partial charge in [0.15, 0.2) is 0 Å². The van der Waals surface area contributed by atoms with Crippen molar-refractivity contribution in [2.75, 3.05) is 64.4 Å². The highest BCUT2D eigenvalue weighted by Crippen LogP contribution is 2.29. The molecule has 0 aliphatic carbocycles. The van der Waals surface area contributed by atoms with Crippen LogP contribution in [-0.2, 0) is 4.74 Å². The molecule has 0 spiro atoms. The van der Waals surface area contributed by atoms with Crippen molar-refractivity contribution in [1.29, 1.82) is 0 Å². The molecule has 7 heteroatoms. The first-order chi connectivity index (χ1) is 18.0. The van der Waals surface area contributed by atoms with Crippen LogP contribution in [0.1, 0.15) is 37.0 Å². The number of nitrogens with zero attached hydrogens (tertiary/aromatic N) is 3. The molecule has 2 aromatic carbocycles. The predicted octanol–water partition coefficient (Wildman–Crippen LogP) is 4.21. The van der Waals surface area contributed by atoms with E-state index in [1.807, 2.05) is 12.1 Å². The quantitative estimate of drug-likeness (QED) is 0.449. The number of rotatable bonds is 8. The Morgan fingerprint density at radius 3 is 2.54 bits per heavy atom. The van der Waals surface area contributed by atoms with Crippen LogP contribution in [0.3, 0.4) is 0 Å². The van der Waals surface area contributed by atoms with Crippen LogP contribution in [0, 0.1) is 0 Å². The zero-order valence-corrected chi connectivity index (χ0v) is 22.5. The molecule has 0 radical (unpaired) electrons. The van der Waals surface area contributed by atoms with Gasteiger partial charge in [0.2, 0.25) is 0 Å². The van der Waals surface area contributed by atoms with E-state index in [2.05, 4.69) is 69.2 Å². The highest BCUT2D eigenvalue weighted by Gasteiger charge is 2.21. The smallest absolute Gasteiger partial charge is 0.337 e. The number of piperidine rings is 1.